The van der Waals surface area contributed by atoms with Crippen LogP contribution in [0.15, 0.2) is 66.2 Å². The van der Waals surface area contributed by atoms with E-state index in [0.717, 1.165) is 11.1 Å². The summed E-state index contributed by atoms with van der Waals surface area (Å²) >= 11 is 1.35. The van der Waals surface area contributed by atoms with E-state index in [0.29, 0.717) is 35.3 Å². The van der Waals surface area contributed by atoms with Gasteiger partial charge < -0.3 is 14.4 Å². The Labute approximate surface area is 205 Å². The molecule has 0 radical (unpaired) electrons. The minimum Gasteiger partial charge on any atom is -0.486 e. The van der Waals surface area contributed by atoms with E-state index in [-0.39, 0.29) is 17.6 Å². The average Bonchev–Trinajstić information content (AvgIpc) is 3.60. The smallest absolute Gasteiger partial charge is 0.240 e. The van der Waals surface area contributed by atoms with Crippen molar-refractivity contribution in [3.63, 3.8) is 0 Å². The Hall–Kier alpha value is -3.91. The molecule has 0 spiro atoms. The summed E-state index contributed by atoms with van der Waals surface area (Å²) in [6.07, 6.45) is 3.82. The van der Waals surface area contributed by atoms with Gasteiger partial charge in [-0.15, -0.1) is 11.3 Å². The third-order valence-corrected chi connectivity index (χ3v) is 8.16. The predicted octanol–water partition coefficient (Wildman–Crippen LogP) is 3.92. The molecule has 7 nitrogen and oxygen atoms in total. The maximum Gasteiger partial charge on any atom is 0.240 e. The van der Waals surface area contributed by atoms with Crippen LogP contribution in [0.25, 0.3) is 6.08 Å². The van der Waals surface area contributed by atoms with Crippen LogP contribution in [-0.4, -0.2) is 41.8 Å². The molecule has 35 heavy (non-hydrogen) atoms. The molecule has 4 aliphatic rings. The number of amides is 2. The van der Waals surface area contributed by atoms with Gasteiger partial charge in [-0.25, -0.2) is 4.90 Å². The van der Waals surface area contributed by atoms with Crippen molar-refractivity contribution in [2.45, 2.75) is 12.1 Å². The average molecular weight is 485 g/mol. The molecular weight excluding hydrogens is 464 g/mol. The number of imide groups is 1. The molecule has 2 fully saturated rings. The van der Waals surface area contributed by atoms with Gasteiger partial charge in [-0.05, 0) is 40.8 Å². The maximum atomic E-state index is 14.0. The van der Waals surface area contributed by atoms with Crippen LogP contribution in [0.4, 0.5) is 5.69 Å². The van der Waals surface area contributed by atoms with Crippen LogP contribution in [-0.2, 0) is 9.59 Å². The van der Waals surface area contributed by atoms with Gasteiger partial charge in [0.05, 0.1) is 28.4 Å². The fraction of sp³-hybridized carbons (Fsp3) is 0.222. The molecule has 7 rings (SSSR count). The van der Waals surface area contributed by atoms with Gasteiger partial charge in [0.15, 0.2) is 17.3 Å². The number of carbonyl (C=O) groups is 3. The standard InChI is InChI=1S/C27H20N2O5S/c30-25(20-6-3-13-35-20)24-22-21(23-17-5-2-1-4-15(17)9-10-28(23)24)26(31)29(27(22)32)16-7-8-18-19(14-16)34-12-11-33-18/h1-10,13-14,21-24H,11-12H2. The van der Waals surface area contributed by atoms with E-state index >= 15 is 0 Å². The van der Waals surface area contributed by atoms with E-state index in [1.54, 1.807) is 24.3 Å². The number of carbonyl (C=O) groups excluding carboxylic acids is 3. The van der Waals surface area contributed by atoms with E-state index < -0.39 is 23.9 Å². The molecule has 0 aliphatic carbocycles. The third-order valence-electron chi connectivity index (χ3n) is 7.28. The molecule has 174 valence electrons. The Morgan fingerprint density at radius 2 is 1.71 bits per heavy atom. The quantitative estimate of drug-likeness (QED) is 0.414. The van der Waals surface area contributed by atoms with Crippen molar-refractivity contribution in [3.8, 4) is 11.5 Å². The van der Waals surface area contributed by atoms with Gasteiger partial charge in [0, 0.05) is 12.3 Å². The van der Waals surface area contributed by atoms with Crippen LogP contribution in [0.1, 0.15) is 26.8 Å². The van der Waals surface area contributed by atoms with Crippen molar-refractivity contribution in [2.24, 2.45) is 11.8 Å². The van der Waals surface area contributed by atoms with Gasteiger partial charge in [-0.3, -0.25) is 14.4 Å². The zero-order chi connectivity index (χ0) is 23.7. The molecule has 5 heterocycles. The Morgan fingerprint density at radius 3 is 2.54 bits per heavy atom. The maximum absolute atomic E-state index is 14.0. The van der Waals surface area contributed by atoms with Crippen LogP contribution in [0.2, 0.25) is 0 Å². The number of thiophene rings is 1. The van der Waals surface area contributed by atoms with Gasteiger partial charge in [-0.2, -0.15) is 0 Å². The van der Waals surface area contributed by atoms with E-state index in [9.17, 15) is 14.4 Å². The summed E-state index contributed by atoms with van der Waals surface area (Å²) in [4.78, 5) is 45.4. The zero-order valence-electron chi connectivity index (χ0n) is 18.5. The van der Waals surface area contributed by atoms with Gasteiger partial charge in [0.1, 0.15) is 19.3 Å². The summed E-state index contributed by atoms with van der Waals surface area (Å²) in [6.45, 7) is 0.857. The summed E-state index contributed by atoms with van der Waals surface area (Å²) in [5, 5.41) is 1.85. The van der Waals surface area contributed by atoms with Crippen LogP contribution in [0.3, 0.4) is 0 Å². The molecule has 8 heteroatoms. The molecular formula is C27H20N2O5S. The molecule has 1 aromatic heterocycles. The summed E-state index contributed by atoms with van der Waals surface area (Å²) < 4.78 is 11.3. The number of ketones is 1. The normalized spacial score (nSPS) is 25.9. The molecule has 4 atom stereocenters. The molecule has 0 saturated carbocycles. The van der Waals surface area contributed by atoms with Crippen LogP contribution in [0.5, 0.6) is 11.5 Å². The van der Waals surface area contributed by atoms with Crippen molar-refractivity contribution in [1.29, 1.82) is 0 Å². The number of fused-ring (bicyclic) bond motifs is 6. The monoisotopic (exact) mass is 484 g/mol. The number of Topliss-reactive ketones (excluding diaryl/α,β-unsaturated/α-hetero) is 1. The fourth-order valence-corrected chi connectivity index (χ4v) is 6.55. The van der Waals surface area contributed by atoms with E-state index in [4.69, 9.17) is 9.47 Å². The summed E-state index contributed by atoms with van der Waals surface area (Å²) in [7, 11) is 0. The number of anilines is 1. The Morgan fingerprint density at radius 1 is 0.914 bits per heavy atom. The Bertz CT molecular complexity index is 1410. The first-order valence-electron chi connectivity index (χ1n) is 11.5. The highest BCUT2D eigenvalue weighted by Gasteiger charge is 2.64. The summed E-state index contributed by atoms with van der Waals surface area (Å²) in [5.41, 5.74) is 2.39. The lowest BCUT2D eigenvalue weighted by atomic mass is 9.84. The summed E-state index contributed by atoms with van der Waals surface area (Å²) in [6, 6.07) is 15.4. The Balaban J connectivity index is 1.35. The minimum absolute atomic E-state index is 0.133. The van der Waals surface area contributed by atoms with Crippen molar-refractivity contribution in [2.75, 3.05) is 18.1 Å². The van der Waals surface area contributed by atoms with Crippen LogP contribution in [0, 0.1) is 11.8 Å². The van der Waals surface area contributed by atoms with Gasteiger partial charge in [0.2, 0.25) is 11.8 Å². The second-order valence-corrected chi connectivity index (χ2v) is 9.96. The zero-order valence-corrected chi connectivity index (χ0v) is 19.3. The lowest BCUT2D eigenvalue weighted by Crippen LogP contribution is -2.44. The molecule has 3 aromatic rings. The first-order valence-corrected chi connectivity index (χ1v) is 12.4. The van der Waals surface area contributed by atoms with Crippen molar-refractivity contribution >= 4 is 40.7 Å². The molecule has 2 saturated heterocycles. The number of benzene rings is 2. The van der Waals surface area contributed by atoms with Gasteiger partial charge in [-0.1, -0.05) is 30.3 Å². The van der Waals surface area contributed by atoms with Crippen molar-refractivity contribution in [1.82, 2.24) is 4.90 Å². The molecule has 4 aliphatic heterocycles. The lowest BCUT2D eigenvalue weighted by Gasteiger charge is -2.35. The summed E-state index contributed by atoms with van der Waals surface area (Å²) in [5.74, 6) is -1.15. The van der Waals surface area contributed by atoms with E-state index in [1.807, 2.05) is 52.9 Å². The highest BCUT2D eigenvalue weighted by atomic mass is 32.1. The minimum atomic E-state index is -0.786. The molecule has 0 N–H and O–H groups in total. The molecule has 2 aromatic carbocycles. The largest absolute Gasteiger partial charge is 0.486 e. The highest BCUT2D eigenvalue weighted by molar-refractivity contribution is 7.12. The second-order valence-electron chi connectivity index (χ2n) is 9.01. The fourth-order valence-electron chi connectivity index (χ4n) is 5.85. The number of nitrogens with zero attached hydrogens (tertiary/aromatic N) is 2. The number of hydrogen-bond donors (Lipinski definition) is 0. The van der Waals surface area contributed by atoms with Crippen molar-refractivity contribution < 1.29 is 23.9 Å². The number of hydrogen-bond acceptors (Lipinski definition) is 7. The first-order chi connectivity index (χ1) is 17.1. The van der Waals surface area contributed by atoms with Crippen molar-refractivity contribution in [3.05, 3.63) is 82.2 Å². The molecule has 0 bridgehead atoms. The van der Waals surface area contributed by atoms with Gasteiger partial charge >= 0.3 is 0 Å². The SMILES string of the molecule is O=C(c1cccs1)C1C2C(=O)N(c3ccc4c(c3)OCCO4)C(=O)C2C2c3ccccc3C=CN12. The van der Waals surface area contributed by atoms with Gasteiger partial charge in [0.25, 0.3) is 0 Å². The third kappa shape index (κ3) is 2.86. The second kappa shape index (κ2) is 7.55. The predicted molar refractivity (Wildman–Crippen MR) is 129 cm³/mol. The lowest BCUT2D eigenvalue weighted by molar-refractivity contribution is -0.123. The Kier molecular flexibility index (Phi) is 4.41. The first kappa shape index (κ1) is 20.5. The number of rotatable bonds is 3. The van der Waals surface area contributed by atoms with E-state index in [2.05, 4.69) is 0 Å². The van der Waals surface area contributed by atoms with Crippen LogP contribution < -0.4 is 14.4 Å². The topological polar surface area (TPSA) is 76.1 Å². The molecule has 2 amide bonds. The van der Waals surface area contributed by atoms with E-state index in [1.165, 1.54) is 16.2 Å². The molecule has 4 unspecified atom stereocenters. The highest BCUT2D eigenvalue weighted by Crippen LogP contribution is 2.54. The van der Waals surface area contributed by atoms with Crippen LogP contribution >= 0.6 is 11.3 Å². The number of ether oxygens (including phenoxy) is 2.